The fraction of sp³-hybridized carbons (Fsp3) is 0.533. The highest BCUT2D eigenvalue weighted by atomic mass is 16.6. The fourth-order valence-electron chi connectivity index (χ4n) is 2.25. The molecule has 5 nitrogen and oxygen atoms in total. The molecule has 2 rings (SSSR count). The molecule has 3 N–H and O–H groups in total. The van der Waals surface area contributed by atoms with E-state index >= 15 is 0 Å². The van der Waals surface area contributed by atoms with Crippen LogP contribution in [0.15, 0.2) is 18.2 Å². The number of carbonyl (C=O) groups excluding carboxylic acids is 1. The van der Waals surface area contributed by atoms with Crippen LogP contribution >= 0.6 is 0 Å². The van der Waals surface area contributed by atoms with Crippen molar-refractivity contribution in [1.82, 2.24) is 5.32 Å². The average molecular weight is 278 g/mol. The van der Waals surface area contributed by atoms with Crippen molar-refractivity contribution in [2.24, 2.45) is 0 Å². The van der Waals surface area contributed by atoms with Crippen LogP contribution in [0.25, 0.3) is 0 Å². The number of alkyl carbamates (subject to hydrolysis) is 1. The molecule has 0 saturated carbocycles. The lowest BCUT2D eigenvalue weighted by atomic mass is 9.92. The van der Waals surface area contributed by atoms with Crippen LogP contribution in [-0.2, 0) is 4.74 Å². The Labute approximate surface area is 119 Å². The molecule has 1 unspecified atom stereocenters. The van der Waals surface area contributed by atoms with Gasteiger partial charge in [0.15, 0.2) is 0 Å². The number of rotatable bonds is 2. The molecule has 5 heteroatoms. The van der Waals surface area contributed by atoms with E-state index in [1.807, 2.05) is 39.0 Å². The molecule has 1 aromatic rings. The molecule has 20 heavy (non-hydrogen) atoms. The summed E-state index contributed by atoms with van der Waals surface area (Å²) in [6.45, 7) is 6.67. The summed E-state index contributed by atoms with van der Waals surface area (Å²) >= 11 is 0. The Hall–Kier alpha value is -1.91. The largest absolute Gasteiger partial charge is 0.491 e. The molecule has 1 heterocycles. The van der Waals surface area contributed by atoms with Crippen molar-refractivity contribution in [3.8, 4) is 5.75 Å². The topological polar surface area (TPSA) is 73.6 Å². The van der Waals surface area contributed by atoms with E-state index in [1.165, 1.54) is 0 Å². The van der Waals surface area contributed by atoms with E-state index in [0.717, 1.165) is 17.7 Å². The van der Waals surface area contributed by atoms with Crippen LogP contribution in [0.3, 0.4) is 0 Å². The molecule has 1 aliphatic heterocycles. The molecule has 0 aromatic heterocycles. The van der Waals surface area contributed by atoms with Gasteiger partial charge in [0.05, 0.1) is 12.3 Å². The van der Waals surface area contributed by atoms with E-state index in [1.54, 1.807) is 0 Å². The minimum atomic E-state index is -0.484. The molecule has 0 aliphatic carbocycles. The van der Waals surface area contributed by atoms with Crippen molar-refractivity contribution in [2.45, 2.75) is 38.7 Å². The lowest BCUT2D eigenvalue weighted by Crippen LogP contribution is -2.35. The molecule has 0 bridgehead atoms. The molecule has 0 radical (unpaired) electrons. The van der Waals surface area contributed by atoms with Crippen LogP contribution < -0.4 is 15.8 Å². The van der Waals surface area contributed by atoms with Crippen LogP contribution in [0.5, 0.6) is 5.75 Å². The van der Waals surface area contributed by atoms with Gasteiger partial charge in [-0.2, -0.15) is 0 Å². The zero-order chi connectivity index (χ0) is 14.8. The number of nitrogen functional groups attached to an aromatic ring is 1. The maximum absolute atomic E-state index is 11.7. The smallest absolute Gasteiger partial charge is 0.407 e. The van der Waals surface area contributed by atoms with Gasteiger partial charge in [0.25, 0.3) is 0 Å². The first-order chi connectivity index (χ1) is 9.37. The summed E-state index contributed by atoms with van der Waals surface area (Å²) in [5.41, 5.74) is 7.11. The molecule has 110 valence electrons. The van der Waals surface area contributed by atoms with Gasteiger partial charge in [0.2, 0.25) is 0 Å². The van der Waals surface area contributed by atoms with Gasteiger partial charge >= 0.3 is 6.09 Å². The van der Waals surface area contributed by atoms with Crippen molar-refractivity contribution in [2.75, 3.05) is 18.9 Å². The third kappa shape index (κ3) is 3.56. The lowest BCUT2D eigenvalue weighted by Gasteiger charge is -2.27. The second-order valence-corrected chi connectivity index (χ2v) is 5.98. The number of anilines is 1. The zero-order valence-electron chi connectivity index (χ0n) is 12.2. The van der Waals surface area contributed by atoms with Gasteiger partial charge in [-0.3, -0.25) is 0 Å². The number of carbonyl (C=O) groups is 1. The highest BCUT2D eigenvalue weighted by molar-refractivity contribution is 5.68. The Morgan fingerprint density at radius 2 is 2.25 bits per heavy atom. The maximum Gasteiger partial charge on any atom is 0.407 e. The summed E-state index contributed by atoms with van der Waals surface area (Å²) in [5.74, 6) is 0.949. The summed E-state index contributed by atoms with van der Waals surface area (Å²) in [5, 5.41) is 2.81. The van der Waals surface area contributed by atoms with Gasteiger partial charge in [-0.1, -0.05) is 12.1 Å². The number of para-hydroxylation sites is 1. The van der Waals surface area contributed by atoms with Gasteiger partial charge in [-0.15, -0.1) is 0 Å². The summed E-state index contributed by atoms with van der Waals surface area (Å²) in [6.07, 6.45) is 0.459. The summed E-state index contributed by atoms with van der Waals surface area (Å²) in [6, 6.07) is 5.72. The van der Waals surface area contributed by atoms with Crippen molar-refractivity contribution in [3.05, 3.63) is 23.8 Å². The van der Waals surface area contributed by atoms with E-state index in [2.05, 4.69) is 5.32 Å². The summed E-state index contributed by atoms with van der Waals surface area (Å²) in [4.78, 5) is 11.7. The van der Waals surface area contributed by atoms with Gasteiger partial charge < -0.3 is 20.5 Å². The third-order valence-corrected chi connectivity index (χ3v) is 3.12. The number of nitrogens with two attached hydrogens (primary N) is 1. The maximum atomic E-state index is 11.7. The first kappa shape index (κ1) is 14.5. The average Bonchev–Trinajstić information content (AvgIpc) is 2.35. The number of ether oxygens (including phenoxy) is 2. The predicted molar refractivity (Wildman–Crippen MR) is 77.9 cm³/mol. The second kappa shape index (κ2) is 5.61. The minimum Gasteiger partial charge on any atom is -0.491 e. The summed E-state index contributed by atoms with van der Waals surface area (Å²) in [7, 11) is 0. The van der Waals surface area contributed by atoms with Crippen LogP contribution in [0.2, 0.25) is 0 Å². The third-order valence-electron chi connectivity index (χ3n) is 3.12. The number of amides is 1. The van der Waals surface area contributed by atoms with Crippen LogP contribution in [0, 0.1) is 0 Å². The Bertz CT molecular complexity index is 494. The zero-order valence-corrected chi connectivity index (χ0v) is 12.2. The van der Waals surface area contributed by atoms with Crippen molar-refractivity contribution in [1.29, 1.82) is 0 Å². The monoisotopic (exact) mass is 278 g/mol. The number of fused-ring (bicyclic) bond motifs is 1. The molecule has 1 aromatic carbocycles. The Morgan fingerprint density at radius 1 is 1.50 bits per heavy atom. The van der Waals surface area contributed by atoms with E-state index in [9.17, 15) is 4.79 Å². The van der Waals surface area contributed by atoms with Crippen molar-refractivity contribution in [3.63, 3.8) is 0 Å². The highest BCUT2D eigenvalue weighted by Gasteiger charge is 2.24. The van der Waals surface area contributed by atoms with E-state index in [0.29, 0.717) is 18.8 Å². The molecule has 0 saturated heterocycles. The molecule has 0 spiro atoms. The Kier molecular flexibility index (Phi) is 4.06. The lowest BCUT2D eigenvalue weighted by molar-refractivity contribution is 0.0521. The molecular weight excluding hydrogens is 256 g/mol. The van der Waals surface area contributed by atoms with E-state index in [-0.39, 0.29) is 5.92 Å². The van der Waals surface area contributed by atoms with E-state index < -0.39 is 11.7 Å². The number of hydrogen-bond donors (Lipinski definition) is 2. The van der Waals surface area contributed by atoms with Crippen LogP contribution in [0.4, 0.5) is 10.5 Å². The molecule has 0 fully saturated rings. The van der Waals surface area contributed by atoms with Crippen LogP contribution in [0.1, 0.15) is 38.7 Å². The highest BCUT2D eigenvalue weighted by Crippen LogP contribution is 2.37. The summed E-state index contributed by atoms with van der Waals surface area (Å²) < 4.78 is 10.8. The first-order valence-corrected chi connectivity index (χ1v) is 6.85. The molecule has 1 aliphatic rings. The van der Waals surface area contributed by atoms with Gasteiger partial charge in [0.1, 0.15) is 11.4 Å². The van der Waals surface area contributed by atoms with Crippen LogP contribution in [-0.4, -0.2) is 24.8 Å². The number of benzene rings is 1. The normalized spacial score (nSPS) is 17.9. The standard InChI is InChI=1S/C15H22N2O3/c1-15(2,3)20-14(18)17-9-10-7-8-19-13-11(10)5-4-6-12(13)16/h4-6,10H,7-9,16H2,1-3H3,(H,17,18). The predicted octanol–water partition coefficient (Wildman–Crippen LogP) is 2.66. The van der Waals surface area contributed by atoms with Gasteiger partial charge in [-0.05, 0) is 33.3 Å². The first-order valence-electron chi connectivity index (χ1n) is 6.85. The molecule has 1 atom stereocenters. The fourth-order valence-corrected chi connectivity index (χ4v) is 2.25. The van der Waals surface area contributed by atoms with Gasteiger partial charge in [0, 0.05) is 18.0 Å². The number of hydrogen-bond acceptors (Lipinski definition) is 4. The molecular formula is C15H22N2O3. The Balaban J connectivity index is 1.99. The van der Waals surface area contributed by atoms with Gasteiger partial charge in [-0.25, -0.2) is 4.79 Å². The Morgan fingerprint density at radius 3 is 2.95 bits per heavy atom. The quantitative estimate of drug-likeness (QED) is 0.816. The molecule has 1 amide bonds. The SMILES string of the molecule is CC(C)(C)OC(=O)NCC1CCOc2c(N)cccc21. The van der Waals surface area contributed by atoms with Crippen molar-refractivity contribution >= 4 is 11.8 Å². The number of nitrogens with one attached hydrogen (secondary N) is 1. The van der Waals surface area contributed by atoms with E-state index in [4.69, 9.17) is 15.2 Å². The second-order valence-electron chi connectivity index (χ2n) is 5.98. The van der Waals surface area contributed by atoms with Crippen molar-refractivity contribution < 1.29 is 14.3 Å². The minimum absolute atomic E-state index is 0.203.